The number of aromatic amines is 1. The lowest BCUT2D eigenvalue weighted by molar-refractivity contribution is 0.524. The van der Waals surface area contributed by atoms with Crippen LogP contribution in [-0.2, 0) is 10.0 Å². The van der Waals surface area contributed by atoms with Crippen molar-refractivity contribution >= 4 is 10.0 Å². The Labute approximate surface area is 115 Å². The van der Waals surface area contributed by atoms with Crippen molar-refractivity contribution in [2.75, 3.05) is 0 Å². The van der Waals surface area contributed by atoms with E-state index in [-0.39, 0.29) is 28.0 Å². The Morgan fingerprint density at radius 2 is 2.00 bits per heavy atom. The molecule has 2 rings (SSSR count). The molecule has 0 radical (unpaired) electrons. The highest BCUT2D eigenvalue weighted by Crippen LogP contribution is 2.21. The molecule has 0 spiro atoms. The Morgan fingerprint density at radius 1 is 1.35 bits per heavy atom. The van der Waals surface area contributed by atoms with Crippen molar-refractivity contribution in [3.05, 3.63) is 28.2 Å². The van der Waals surface area contributed by atoms with Crippen molar-refractivity contribution in [1.82, 2.24) is 19.7 Å². The summed E-state index contributed by atoms with van der Waals surface area (Å²) in [6, 6.07) is 1.14. The number of primary sulfonamides is 1. The van der Waals surface area contributed by atoms with Gasteiger partial charge in [0.2, 0.25) is 0 Å². The number of aromatic nitrogens is 4. The molecule has 108 valence electrons. The number of sulfonamides is 1. The maximum Gasteiger partial charge on any atom is 0.273 e. The van der Waals surface area contributed by atoms with E-state index in [0.717, 1.165) is 0 Å². The van der Waals surface area contributed by atoms with E-state index in [1.807, 2.05) is 0 Å². The van der Waals surface area contributed by atoms with Gasteiger partial charge < -0.3 is 4.98 Å². The number of hydrogen-bond acceptors (Lipinski definition) is 5. The smallest absolute Gasteiger partial charge is 0.273 e. The number of nitrogens with two attached hydrogens (primary N) is 1. The number of hydrogen-bond donors (Lipinski definition) is 2. The van der Waals surface area contributed by atoms with Crippen LogP contribution in [0.5, 0.6) is 0 Å². The summed E-state index contributed by atoms with van der Waals surface area (Å²) in [5.74, 6) is 0.172. The third-order valence-electron chi connectivity index (χ3n) is 2.73. The Hall–Kier alpha value is -2.00. The molecule has 0 aliphatic heterocycles. The van der Waals surface area contributed by atoms with E-state index in [2.05, 4.69) is 15.2 Å². The number of pyridine rings is 1. The fraction of sp³-hybridized carbons (Fsp3) is 0.364. The monoisotopic (exact) mass is 297 g/mol. The molecule has 8 nitrogen and oxygen atoms in total. The number of nitrogens with zero attached hydrogens (tertiary/aromatic N) is 3. The average molecular weight is 297 g/mol. The molecule has 2 heterocycles. The van der Waals surface area contributed by atoms with Gasteiger partial charge in [0.1, 0.15) is 0 Å². The van der Waals surface area contributed by atoms with Gasteiger partial charge in [-0.2, -0.15) is 0 Å². The third kappa shape index (κ3) is 2.49. The predicted octanol–water partition coefficient (Wildman–Crippen LogP) is 0.170. The van der Waals surface area contributed by atoms with Crippen molar-refractivity contribution in [2.45, 2.75) is 32.0 Å². The van der Waals surface area contributed by atoms with Crippen LogP contribution >= 0.6 is 0 Å². The summed E-state index contributed by atoms with van der Waals surface area (Å²) in [6.45, 7) is 5.25. The summed E-state index contributed by atoms with van der Waals surface area (Å²) in [5, 5.41) is 12.1. The van der Waals surface area contributed by atoms with Crippen molar-refractivity contribution in [3.63, 3.8) is 0 Å². The number of H-pyrrole nitrogens is 1. The first-order valence-electron chi connectivity index (χ1n) is 5.89. The summed E-state index contributed by atoms with van der Waals surface area (Å²) in [4.78, 5) is 14.9. The average Bonchev–Trinajstić information content (AvgIpc) is 2.72. The van der Waals surface area contributed by atoms with Crippen LogP contribution in [0.25, 0.3) is 11.4 Å². The summed E-state index contributed by atoms with van der Waals surface area (Å²) in [7, 11) is -4.01. The summed E-state index contributed by atoms with van der Waals surface area (Å²) < 4.78 is 24.3. The van der Waals surface area contributed by atoms with Gasteiger partial charge in [-0.25, -0.2) is 13.6 Å². The second-order valence-corrected chi connectivity index (χ2v) is 6.16. The Balaban J connectivity index is 2.76. The van der Waals surface area contributed by atoms with Crippen LogP contribution in [0.3, 0.4) is 0 Å². The Kier molecular flexibility index (Phi) is 3.48. The van der Waals surface area contributed by atoms with Crippen LogP contribution < -0.4 is 10.6 Å². The highest BCUT2D eigenvalue weighted by atomic mass is 32.2. The number of aryl methyl sites for hydroxylation is 1. The van der Waals surface area contributed by atoms with E-state index in [1.54, 1.807) is 20.8 Å². The molecule has 0 saturated heterocycles. The second kappa shape index (κ2) is 4.84. The van der Waals surface area contributed by atoms with E-state index >= 15 is 0 Å². The molecule has 0 aliphatic carbocycles. The fourth-order valence-electron chi connectivity index (χ4n) is 1.87. The lowest BCUT2D eigenvalue weighted by atomic mass is 10.2. The van der Waals surface area contributed by atoms with Crippen LogP contribution in [0, 0.1) is 6.92 Å². The third-order valence-corrected chi connectivity index (χ3v) is 3.52. The molecule has 0 aromatic carbocycles. The van der Waals surface area contributed by atoms with Gasteiger partial charge in [0.15, 0.2) is 11.3 Å². The van der Waals surface area contributed by atoms with Gasteiger partial charge in [-0.1, -0.05) is 0 Å². The minimum absolute atomic E-state index is 0.172. The van der Waals surface area contributed by atoms with Gasteiger partial charge in [-0.15, -0.1) is 10.2 Å². The maximum atomic E-state index is 12.0. The van der Waals surface area contributed by atoms with Gasteiger partial charge >= 0.3 is 0 Å². The Morgan fingerprint density at radius 3 is 2.50 bits per heavy atom. The van der Waals surface area contributed by atoms with Crippen LogP contribution in [0.2, 0.25) is 0 Å². The zero-order valence-corrected chi connectivity index (χ0v) is 12.1. The number of nitrogens with one attached hydrogen (secondary N) is 1. The van der Waals surface area contributed by atoms with Gasteiger partial charge in [0.05, 0.1) is 5.56 Å². The standard InChI is InChI=1S/C11H15N5O3S/c1-6(2)16-10(14-15-11(16)20(12,18)19)8-5-13-7(3)4-9(8)17/h4-6H,1-3H3,(H,13,17)(H2,12,18,19). The Bertz CT molecular complexity index is 804. The van der Waals surface area contributed by atoms with Crippen molar-refractivity contribution in [3.8, 4) is 11.4 Å². The predicted molar refractivity (Wildman–Crippen MR) is 72.6 cm³/mol. The van der Waals surface area contributed by atoms with Crippen LogP contribution in [0.1, 0.15) is 25.6 Å². The van der Waals surface area contributed by atoms with E-state index < -0.39 is 10.0 Å². The van der Waals surface area contributed by atoms with Crippen LogP contribution in [-0.4, -0.2) is 28.2 Å². The van der Waals surface area contributed by atoms with Gasteiger partial charge in [-0.05, 0) is 20.8 Å². The molecule has 0 atom stereocenters. The molecule has 0 saturated carbocycles. The summed E-state index contributed by atoms with van der Waals surface area (Å²) >= 11 is 0. The first-order valence-corrected chi connectivity index (χ1v) is 7.44. The van der Waals surface area contributed by atoms with E-state index in [0.29, 0.717) is 5.69 Å². The first kappa shape index (κ1) is 14.4. The van der Waals surface area contributed by atoms with Gasteiger partial charge in [0.25, 0.3) is 15.2 Å². The molecule has 3 N–H and O–H groups in total. The van der Waals surface area contributed by atoms with E-state index in [4.69, 9.17) is 5.14 Å². The molecule has 0 fully saturated rings. The molecule has 2 aromatic rings. The summed E-state index contributed by atoms with van der Waals surface area (Å²) in [5.41, 5.74) is 0.671. The zero-order valence-electron chi connectivity index (χ0n) is 11.3. The minimum atomic E-state index is -4.01. The molecule has 0 amide bonds. The van der Waals surface area contributed by atoms with Crippen molar-refractivity contribution in [2.24, 2.45) is 5.14 Å². The quantitative estimate of drug-likeness (QED) is 0.835. The molecule has 0 bridgehead atoms. The highest BCUT2D eigenvalue weighted by Gasteiger charge is 2.24. The van der Waals surface area contributed by atoms with E-state index in [9.17, 15) is 13.2 Å². The normalized spacial score (nSPS) is 12.1. The highest BCUT2D eigenvalue weighted by molar-refractivity contribution is 7.89. The second-order valence-electron chi connectivity index (χ2n) is 4.71. The summed E-state index contributed by atoms with van der Waals surface area (Å²) in [6.07, 6.45) is 1.48. The van der Waals surface area contributed by atoms with Crippen molar-refractivity contribution < 1.29 is 8.42 Å². The molecule has 0 aliphatic rings. The number of rotatable bonds is 3. The lowest BCUT2D eigenvalue weighted by Gasteiger charge is -2.12. The molecular weight excluding hydrogens is 282 g/mol. The SMILES string of the molecule is Cc1cc(=O)c(-c2nnc(S(N)(=O)=O)n2C(C)C)c[nH]1. The molecule has 9 heteroatoms. The molecule has 0 unspecified atom stereocenters. The van der Waals surface area contributed by atoms with Crippen LogP contribution in [0.4, 0.5) is 0 Å². The first-order chi connectivity index (χ1) is 9.21. The van der Waals surface area contributed by atoms with Crippen molar-refractivity contribution in [1.29, 1.82) is 0 Å². The largest absolute Gasteiger partial charge is 0.364 e. The van der Waals surface area contributed by atoms with Crippen LogP contribution in [0.15, 0.2) is 22.2 Å². The molecule has 2 aromatic heterocycles. The maximum absolute atomic E-state index is 12.0. The molecule has 20 heavy (non-hydrogen) atoms. The van der Waals surface area contributed by atoms with Gasteiger partial charge in [0, 0.05) is 24.0 Å². The topological polar surface area (TPSA) is 124 Å². The zero-order chi connectivity index (χ0) is 15.1. The molecular formula is C11H15N5O3S. The lowest BCUT2D eigenvalue weighted by Crippen LogP contribution is -2.20. The fourth-order valence-corrected chi connectivity index (χ4v) is 2.59. The minimum Gasteiger partial charge on any atom is -0.364 e. The van der Waals surface area contributed by atoms with E-state index in [1.165, 1.54) is 16.8 Å². The van der Waals surface area contributed by atoms with Gasteiger partial charge in [-0.3, -0.25) is 9.36 Å².